The molecule has 0 aliphatic heterocycles. The van der Waals surface area contributed by atoms with Crippen molar-refractivity contribution >= 4 is 24.0 Å². The number of aromatic nitrogens is 1. The van der Waals surface area contributed by atoms with Gasteiger partial charge in [-0.2, -0.15) is 12.6 Å². The fourth-order valence-corrected chi connectivity index (χ4v) is 2.64. The van der Waals surface area contributed by atoms with Gasteiger partial charge in [-0.1, -0.05) is 6.92 Å². The summed E-state index contributed by atoms with van der Waals surface area (Å²) in [6.07, 6.45) is 2.08. The number of hydrogen-bond donors (Lipinski definition) is 1. The van der Waals surface area contributed by atoms with Crippen LogP contribution in [-0.4, -0.2) is 30.5 Å². The highest BCUT2D eigenvalue weighted by Crippen LogP contribution is 2.21. The predicted molar refractivity (Wildman–Crippen MR) is 66.4 cm³/mol. The molecule has 14 heavy (non-hydrogen) atoms. The van der Waals surface area contributed by atoms with Gasteiger partial charge in [-0.3, -0.25) is 0 Å². The molecule has 0 aliphatic carbocycles. The number of thiazole rings is 1. The predicted octanol–water partition coefficient (Wildman–Crippen LogP) is 2.24. The standard InChI is InChI=1S/C10H18N2S2/c1-4-8-9(7-13)14-10(11-8)5-6-12(2)3/h13H,4-7H2,1-3H3. The van der Waals surface area contributed by atoms with Gasteiger partial charge in [-0.15, -0.1) is 11.3 Å². The first-order valence-electron chi connectivity index (χ1n) is 4.90. The molecule has 1 aromatic heterocycles. The van der Waals surface area contributed by atoms with Gasteiger partial charge in [-0.05, 0) is 20.5 Å². The minimum Gasteiger partial charge on any atom is -0.309 e. The monoisotopic (exact) mass is 230 g/mol. The van der Waals surface area contributed by atoms with Gasteiger partial charge >= 0.3 is 0 Å². The van der Waals surface area contributed by atoms with E-state index in [0.717, 1.165) is 25.1 Å². The van der Waals surface area contributed by atoms with Gasteiger partial charge in [0.2, 0.25) is 0 Å². The van der Waals surface area contributed by atoms with Crippen molar-refractivity contribution in [3.05, 3.63) is 15.6 Å². The quantitative estimate of drug-likeness (QED) is 0.781. The van der Waals surface area contributed by atoms with Crippen LogP contribution in [0.2, 0.25) is 0 Å². The number of rotatable bonds is 5. The average Bonchev–Trinajstić information content (AvgIpc) is 2.57. The molecule has 1 rings (SSSR count). The summed E-state index contributed by atoms with van der Waals surface area (Å²) in [5, 5.41) is 1.25. The molecule has 0 aromatic carbocycles. The summed E-state index contributed by atoms with van der Waals surface area (Å²) in [6.45, 7) is 3.22. The van der Waals surface area contributed by atoms with Crippen LogP contribution in [0.15, 0.2) is 0 Å². The van der Waals surface area contributed by atoms with E-state index in [1.165, 1.54) is 15.6 Å². The maximum absolute atomic E-state index is 4.61. The number of nitrogens with zero attached hydrogens (tertiary/aromatic N) is 2. The molecule has 0 unspecified atom stereocenters. The first kappa shape index (κ1) is 12.0. The number of thiol groups is 1. The van der Waals surface area contributed by atoms with Crippen LogP contribution in [0.5, 0.6) is 0 Å². The van der Waals surface area contributed by atoms with Gasteiger partial charge in [0.25, 0.3) is 0 Å². The molecule has 0 N–H and O–H groups in total. The Hall–Kier alpha value is -0.0600. The zero-order chi connectivity index (χ0) is 10.6. The topological polar surface area (TPSA) is 16.1 Å². The summed E-state index contributed by atoms with van der Waals surface area (Å²) in [4.78, 5) is 8.14. The van der Waals surface area contributed by atoms with Gasteiger partial charge in [0.05, 0.1) is 10.7 Å². The van der Waals surface area contributed by atoms with E-state index in [1.54, 1.807) is 0 Å². The van der Waals surface area contributed by atoms with E-state index in [2.05, 4.69) is 43.5 Å². The van der Waals surface area contributed by atoms with E-state index in [1.807, 2.05) is 11.3 Å². The van der Waals surface area contributed by atoms with Crippen LogP contribution >= 0.6 is 24.0 Å². The Bertz CT molecular complexity index is 260. The molecule has 0 saturated heterocycles. The molecule has 1 aromatic rings. The normalized spacial score (nSPS) is 11.2. The lowest BCUT2D eigenvalue weighted by Crippen LogP contribution is -2.14. The Morgan fingerprint density at radius 2 is 2.14 bits per heavy atom. The second kappa shape index (κ2) is 5.73. The van der Waals surface area contributed by atoms with Gasteiger partial charge in [0.15, 0.2) is 0 Å². The van der Waals surface area contributed by atoms with Crippen molar-refractivity contribution in [2.24, 2.45) is 0 Å². The van der Waals surface area contributed by atoms with Crippen molar-refractivity contribution in [1.29, 1.82) is 0 Å². The number of aryl methyl sites for hydroxylation is 1. The Labute approximate surface area is 95.8 Å². The molecule has 80 valence electrons. The molecule has 0 atom stereocenters. The van der Waals surface area contributed by atoms with Crippen molar-refractivity contribution in [2.45, 2.75) is 25.5 Å². The third-order valence-electron chi connectivity index (χ3n) is 2.07. The lowest BCUT2D eigenvalue weighted by molar-refractivity contribution is 0.413. The maximum Gasteiger partial charge on any atom is 0.0944 e. The highest BCUT2D eigenvalue weighted by atomic mass is 32.1. The fourth-order valence-electron chi connectivity index (χ4n) is 1.26. The zero-order valence-electron chi connectivity index (χ0n) is 9.08. The van der Waals surface area contributed by atoms with E-state index in [9.17, 15) is 0 Å². The number of likely N-dealkylation sites (N-methyl/N-ethyl adjacent to an activating group) is 1. The van der Waals surface area contributed by atoms with Crippen molar-refractivity contribution < 1.29 is 0 Å². The van der Waals surface area contributed by atoms with Crippen LogP contribution in [-0.2, 0) is 18.6 Å². The summed E-state index contributed by atoms with van der Waals surface area (Å²) < 4.78 is 0. The van der Waals surface area contributed by atoms with Crippen molar-refractivity contribution in [3.63, 3.8) is 0 Å². The summed E-state index contributed by atoms with van der Waals surface area (Å²) in [7, 11) is 4.18. The SMILES string of the molecule is CCc1nc(CCN(C)C)sc1CS. The van der Waals surface area contributed by atoms with Crippen LogP contribution in [0.4, 0.5) is 0 Å². The second-order valence-corrected chi connectivity index (χ2v) is 5.03. The molecule has 0 fully saturated rings. The molecular formula is C10H18N2S2. The van der Waals surface area contributed by atoms with Crippen LogP contribution in [0, 0.1) is 0 Å². The molecule has 1 heterocycles. The Morgan fingerprint density at radius 1 is 1.43 bits per heavy atom. The lowest BCUT2D eigenvalue weighted by atomic mass is 10.3. The minimum atomic E-state index is 0.822. The van der Waals surface area contributed by atoms with Crippen molar-refractivity contribution in [1.82, 2.24) is 9.88 Å². The first-order valence-corrected chi connectivity index (χ1v) is 6.35. The highest BCUT2D eigenvalue weighted by Gasteiger charge is 2.08. The van der Waals surface area contributed by atoms with Crippen LogP contribution in [0.3, 0.4) is 0 Å². The van der Waals surface area contributed by atoms with Crippen molar-refractivity contribution in [2.75, 3.05) is 20.6 Å². The summed E-state index contributed by atoms with van der Waals surface area (Å²) >= 11 is 6.13. The molecule has 2 nitrogen and oxygen atoms in total. The molecule has 0 saturated carbocycles. The van der Waals surface area contributed by atoms with E-state index < -0.39 is 0 Å². The molecule has 0 radical (unpaired) electrons. The minimum absolute atomic E-state index is 0.822. The lowest BCUT2D eigenvalue weighted by Gasteiger charge is -2.06. The van der Waals surface area contributed by atoms with E-state index in [0.29, 0.717) is 0 Å². The van der Waals surface area contributed by atoms with Crippen molar-refractivity contribution in [3.8, 4) is 0 Å². The molecule has 0 amide bonds. The van der Waals surface area contributed by atoms with Crippen LogP contribution in [0.1, 0.15) is 22.5 Å². The maximum atomic E-state index is 4.61. The summed E-state index contributed by atoms with van der Waals surface area (Å²) in [5.41, 5.74) is 1.23. The fraction of sp³-hybridized carbons (Fsp3) is 0.700. The molecule has 4 heteroatoms. The van der Waals surface area contributed by atoms with Gasteiger partial charge in [0.1, 0.15) is 0 Å². The molecule has 0 spiro atoms. The molecule has 0 aliphatic rings. The van der Waals surface area contributed by atoms with Crippen LogP contribution < -0.4 is 0 Å². The Kier molecular flexibility index (Phi) is 4.92. The zero-order valence-corrected chi connectivity index (χ0v) is 10.8. The smallest absolute Gasteiger partial charge is 0.0944 e. The Morgan fingerprint density at radius 3 is 2.57 bits per heavy atom. The van der Waals surface area contributed by atoms with Gasteiger partial charge < -0.3 is 4.90 Å². The summed E-state index contributed by atoms with van der Waals surface area (Å²) in [6, 6.07) is 0. The largest absolute Gasteiger partial charge is 0.309 e. The van der Waals surface area contributed by atoms with Gasteiger partial charge in [0, 0.05) is 23.6 Å². The first-order chi connectivity index (χ1) is 6.67. The summed E-state index contributed by atoms with van der Waals surface area (Å²) in [5.74, 6) is 0.822. The van der Waals surface area contributed by atoms with E-state index in [-0.39, 0.29) is 0 Å². The number of hydrogen-bond acceptors (Lipinski definition) is 4. The van der Waals surface area contributed by atoms with E-state index in [4.69, 9.17) is 0 Å². The highest BCUT2D eigenvalue weighted by molar-refractivity contribution is 7.79. The third-order valence-corrected chi connectivity index (χ3v) is 3.76. The van der Waals surface area contributed by atoms with Gasteiger partial charge in [-0.25, -0.2) is 4.98 Å². The molecule has 0 bridgehead atoms. The average molecular weight is 230 g/mol. The molecular weight excluding hydrogens is 212 g/mol. The second-order valence-electron chi connectivity index (χ2n) is 3.54. The Balaban J connectivity index is 2.64. The van der Waals surface area contributed by atoms with E-state index >= 15 is 0 Å². The van der Waals surface area contributed by atoms with Crippen LogP contribution in [0.25, 0.3) is 0 Å². The third kappa shape index (κ3) is 3.26.